The quantitative estimate of drug-likeness (QED) is 0.775. The van der Waals surface area contributed by atoms with Crippen molar-refractivity contribution >= 4 is 0 Å². The van der Waals surface area contributed by atoms with Crippen LogP contribution in [0.15, 0.2) is 24.3 Å². The Balaban J connectivity index is 2.64. The van der Waals surface area contributed by atoms with Crippen molar-refractivity contribution in [2.24, 2.45) is 0 Å². The summed E-state index contributed by atoms with van der Waals surface area (Å²) in [4.78, 5) is 0. The molecule has 0 fully saturated rings. The standard InChI is InChI=1S/C12H19NO/c1-10(2)14-9-12-7-5-4-6-11(12)8-13-3/h4-7,10,13H,8-9H2,1-3H3. The fourth-order valence-corrected chi connectivity index (χ4v) is 1.32. The fourth-order valence-electron chi connectivity index (χ4n) is 1.32. The van der Waals surface area contributed by atoms with Gasteiger partial charge >= 0.3 is 0 Å². The summed E-state index contributed by atoms with van der Waals surface area (Å²) in [7, 11) is 1.96. The monoisotopic (exact) mass is 193 g/mol. The van der Waals surface area contributed by atoms with Gasteiger partial charge in [0, 0.05) is 6.54 Å². The summed E-state index contributed by atoms with van der Waals surface area (Å²) in [5.74, 6) is 0. The van der Waals surface area contributed by atoms with E-state index in [1.165, 1.54) is 11.1 Å². The van der Waals surface area contributed by atoms with E-state index in [0.717, 1.165) is 6.54 Å². The first kappa shape index (κ1) is 11.2. The first-order chi connectivity index (χ1) is 6.74. The number of rotatable bonds is 5. The van der Waals surface area contributed by atoms with E-state index in [-0.39, 0.29) is 6.10 Å². The molecule has 0 saturated carbocycles. The summed E-state index contributed by atoms with van der Waals surface area (Å²) in [6.07, 6.45) is 0.289. The second kappa shape index (κ2) is 5.78. The molecule has 78 valence electrons. The molecule has 2 heteroatoms. The largest absolute Gasteiger partial charge is 0.374 e. The molecule has 0 unspecified atom stereocenters. The summed E-state index contributed by atoms with van der Waals surface area (Å²) >= 11 is 0. The molecule has 0 saturated heterocycles. The third kappa shape index (κ3) is 3.48. The predicted molar refractivity (Wildman–Crippen MR) is 59.1 cm³/mol. The van der Waals surface area contributed by atoms with E-state index in [2.05, 4.69) is 43.4 Å². The molecule has 0 aromatic heterocycles. The van der Waals surface area contributed by atoms with Gasteiger partial charge in [-0.3, -0.25) is 0 Å². The molecule has 0 aliphatic rings. The Bertz CT molecular complexity index is 271. The molecule has 1 aromatic carbocycles. The second-order valence-electron chi connectivity index (χ2n) is 3.66. The van der Waals surface area contributed by atoms with Gasteiger partial charge in [0.05, 0.1) is 12.7 Å². The van der Waals surface area contributed by atoms with Crippen LogP contribution in [-0.2, 0) is 17.9 Å². The Labute approximate surface area is 86.3 Å². The lowest BCUT2D eigenvalue weighted by Crippen LogP contribution is -2.09. The molecule has 0 aliphatic heterocycles. The molecule has 1 aromatic rings. The molecule has 1 rings (SSSR count). The van der Waals surface area contributed by atoms with E-state index in [0.29, 0.717) is 6.61 Å². The van der Waals surface area contributed by atoms with Gasteiger partial charge in [-0.15, -0.1) is 0 Å². The van der Waals surface area contributed by atoms with Crippen molar-refractivity contribution < 1.29 is 4.74 Å². The van der Waals surface area contributed by atoms with Crippen molar-refractivity contribution in [3.63, 3.8) is 0 Å². The zero-order chi connectivity index (χ0) is 10.4. The number of benzene rings is 1. The van der Waals surface area contributed by atoms with Gasteiger partial charge in [0.1, 0.15) is 0 Å². The molecular weight excluding hydrogens is 174 g/mol. The summed E-state index contributed by atoms with van der Waals surface area (Å²) in [6, 6.07) is 8.37. The van der Waals surface area contributed by atoms with Crippen LogP contribution < -0.4 is 5.32 Å². The SMILES string of the molecule is CNCc1ccccc1COC(C)C. The van der Waals surface area contributed by atoms with Crippen molar-refractivity contribution in [3.05, 3.63) is 35.4 Å². The highest BCUT2D eigenvalue weighted by atomic mass is 16.5. The van der Waals surface area contributed by atoms with Crippen LogP contribution in [0.1, 0.15) is 25.0 Å². The first-order valence-electron chi connectivity index (χ1n) is 5.07. The van der Waals surface area contributed by atoms with E-state index < -0.39 is 0 Å². The minimum atomic E-state index is 0.289. The number of nitrogens with one attached hydrogen (secondary N) is 1. The average Bonchev–Trinajstić information content (AvgIpc) is 2.17. The van der Waals surface area contributed by atoms with Crippen LogP contribution in [0.2, 0.25) is 0 Å². The van der Waals surface area contributed by atoms with E-state index >= 15 is 0 Å². The number of hydrogen-bond donors (Lipinski definition) is 1. The van der Waals surface area contributed by atoms with Crippen LogP contribution in [0.3, 0.4) is 0 Å². The molecule has 14 heavy (non-hydrogen) atoms. The van der Waals surface area contributed by atoms with Crippen LogP contribution in [0.5, 0.6) is 0 Å². The van der Waals surface area contributed by atoms with Crippen molar-refractivity contribution in [2.45, 2.75) is 33.1 Å². The Morgan fingerprint density at radius 3 is 2.43 bits per heavy atom. The smallest absolute Gasteiger partial charge is 0.0723 e. The molecule has 0 amide bonds. The van der Waals surface area contributed by atoms with Gasteiger partial charge in [-0.05, 0) is 32.0 Å². The van der Waals surface area contributed by atoms with Crippen molar-refractivity contribution in [1.29, 1.82) is 0 Å². The summed E-state index contributed by atoms with van der Waals surface area (Å²) in [6.45, 7) is 5.72. The van der Waals surface area contributed by atoms with Crippen LogP contribution >= 0.6 is 0 Å². The maximum atomic E-state index is 5.59. The maximum absolute atomic E-state index is 5.59. The van der Waals surface area contributed by atoms with Gasteiger partial charge in [-0.25, -0.2) is 0 Å². The van der Waals surface area contributed by atoms with Gasteiger partial charge in [0.25, 0.3) is 0 Å². The minimum absolute atomic E-state index is 0.289. The van der Waals surface area contributed by atoms with Crippen molar-refractivity contribution in [2.75, 3.05) is 7.05 Å². The summed E-state index contributed by atoms with van der Waals surface area (Å²) in [5, 5.41) is 3.16. The summed E-state index contributed by atoms with van der Waals surface area (Å²) < 4.78 is 5.59. The van der Waals surface area contributed by atoms with Gasteiger partial charge in [-0.2, -0.15) is 0 Å². The lowest BCUT2D eigenvalue weighted by Gasteiger charge is -2.11. The van der Waals surface area contributed by atoms with Crippen LogP contribution in [0.25, 0.3) is 0 Å². The van der Waals surface area contributed by atoms with E-state index in [1.807, 2.05) is 7.05 Å². The third-order valence-electron chi connectivity index (χ3n) is 2.06. The van der Waals surface area contributed by atoms with Crippen LogP contribution in [-0.4, -0.2) is 13.2 Å². The maximum Gasteiger partial charge on any atom is 0.0723 e. The van der Waals surface area contributed by atoms with Gasteiger partial charge < -0.3 is 10.1 Å². The fraction of sp³-hybridized carbons (Fsp3) is 0.500. The molecule has 0 heterocycles. The molecule has 1 N–H and O–H groups in total. The van der Waals surface area contributed by atoms with Crippen LogP contribution in [0, 0.1) is 0 Å². The molecule has 0 atom stereocenters. The highest BCUT2D eigenvalue weighted by Crippen LogP contribution is 2.10. The highest BCUT2D eigenvalue weighted by Gasteiger charge is 2.01. The van der Waals surface area contributed by atoms with E-state index in [4.69, 9.17) is 4.74 Å². The zero-order valence-electron chi connectivity index (χ0n) is 9.21. The average molecular weight is 193 g/mol. The summed E-state index contributed by atoms with van der Waals surface area (Å²) in [5.41, 5.74) is 2.59. The minimum Gasteiger partial charge on any atom is -0.374 e. The van der Waals surface area contributed by atoms with E-state index in [9.17, 15) is 0 Å². The lowest BCUT2D eigenvalue weighted by molar-refractivity contribution is 0.0652. The Kier molecular flexibility index (Phi) is 4.63. The second-order valence-corrected chi connectivity index (χ2v) is 3.66. The molecule has 0 bridgehead atoms. The van der Waals surface area contributed by atoms with Crippen molar-refractivity contribution in [3.8, 4) is 0 Å². The Hall–Kier alpha value is -0.860. The Morgan fingerprint density at radius 2 is 1.86 bits per heavy atom. The number of hydrogen-bond acceptors (Lipinski definition) is 2. The third-order valence-corrected chi connectivity index (χ3v) is 2.06. The number of ether oxygens (including phenoxy) is 1. The molecule has 0 aliphatic carbocycles. The highest BCUT2D eigenvalue weighted by molar-refractivity contribution is 5.26. The normalized spacial score (nSPS) is 10.9. The molecular formula is C12H19NO. The first-order valence-corrected chi connectivity index (χ1v) is 5.07. The topological polar surface area (TPSA) is 21.3 Å². The van der Waals surface area contributed by atoms with Gasteiger partial charge in [0.15, 0.2) is 0 Å². The lowest BCUT2D eigenvalue weighted by atomic mass is 10.1. The van der Waals surface area contributed by atoms with Crippen LogP contribution in [0.4, 0.5) is 0 Å². The van der Waals surface area contributed by atoms with Gasteiger partial charge in [0.2, 0.25) is 0 Å². The van der Waals surface area contributed by atoms with E-state index in [1.54, 1.807) is 0 Å². The predicted octanol–water partition coefficient (Wildman–Crippen LogP) is 2.33. The van der Waals surface area contributed by atoms with Gasteiger partial charge in [-0.1, -0.05) is 24.3 Å². The zero-order valence-corrected chi connectivity index (χ0v) is 9.21. The Morgan fingerprint density at radius 1 is 1.21 bits per heavy atom. The molecule has 0 spiro atoms. The molecule has 2 nitrogen and oxygen atoms in total. The molecule has 0 radical (unpaired) electrons. The van der Waals surface area contributed by atoms with Crippen molar-refractivity contribution in [1.82, 2.24) is 5.32 Å².